The molecule has 1 saturated heterocycles. The van der Waals surface area contributed by atoms with E-state index in [9.17, 15) is 19.5 Å². The second-order valence-corrected chi connectivity index (χ2v) is 5.60. The van der Waals surface area contributed by atoms with Crippen LogP contribution in [0.25, 0.3) is 0 Å². The molecule has 2 amide bonds. The molecule has 124 valence electrons. The van der Waals surface area contributed by atoms with Crippen molar-refractivity contribution in [3.05, 3.63) is 29.3 Å². The van der Waals surface area contributed by atoms with Gasteiger partial charge in [0.15, 0.2) is 6.61 Å². The van der Waals surface area contributed by atoms with Crippen molar-refractivity contribution < 1.29 is 24.2 Å². The molecule has 7 heteroatoms. The molecule has 1 aromatic carbocycles. The number of nitrogens with zero attached hydrogens (tertiary/aromatic N) is 1. The standard InChI is InChI=1S/C16H20N2O5/c1-10-5-6-11(13(19)8-10)16(22)23-9-14(20)18-7-3-2-4-12(18)15(17)21/h5-6,8,12,19H,2-4,7,9H2,1H3,(H2,17,21)/t12-/m0/s1. The fourth-order valence-corrected chi connectivity index (χ4v) is 2.63. The average Bonchev–Trinajstić information content (AvgIpc) is 2.52. The highest BCUT2D eigenvalue weighted by molar-refractivity contribution is 5.94. The van der Waals surface area contributed by atoms with E-state index in [1.165, 1.54) is 17.0 Å². The summed E-state index contributed by atoms with van der Waals surface area (Å²) in [6, 6.07) is 3.88. The smallest absolute Gasteiger partial charge is 0.342 e. The molecule has 1 atom stereocenters. The zero-order valence-corrected chi connectivity index (χ0v) is 12.9. The molecular weight excluding hydrogens is 300 g/mol. The summed E-state index contributed by atoms with van der Waals surface area (Å²) in [6.07, 6.45) is 2.13. The largest absolute Gasteiger partial charge is 0.507 e. The summed E-state index contributed by atoms with van der Waals surface area (Å²) in [5, 5.41) is 9.73. The van der Waals surface area contributed by atoms with Crippen LogP contribution in [-0.4, -0.2) is 47.0 Å². The first-order valence-corrected chi connectivity index (χ1v) is 7.45. The van der Waals surface area contributed by atoms with Gasteiger partial charge >= 0.3 is 5.97 Å². The molecule has 0 radical (unpaired) electrons. The molecule has 1 heterocycles. The number of nitrogens with two attached hydrogens (primary N) is 1. The number of phenols is 1. The fraction of sp³-hybridized carbons (Fsp3) is 0.438. The second-order valence-electron chi connectivity index (χ2n) is 5.60. The van der Waals surface area contributed by atoms with Crippen molar-refractivity contribution in [2.75, 3.05) is 13.2 Å². The molecule has 0 aromatic heterocycles. The molecule has 0 unspecified atom stereocenters. The maximum Gasteiger partial charge on any atom is 0.342 e. The third-order valence-electron chi connectivity index (χ3n) is 3.85. The molecule has 0 aliphatic carbocycles. The number of esters is 1. The summed E-state index contributed by atoms with van der Waals surface area (Å²) in [4.78, 5) is 36.8. The molecule has 0 bridgehead atoms. The van der Waals surface area contributed by atoms with Crippen molar-refractivity contribution >= 4 is 17.8 Å². The maximum atomic E-state index is 12.2. The Morgan fingerprint density at radius 2 is 2.09 bits per heavy atom. The van der Waals surface area contributed by atoms with Gasteiger partial charge in [-0.3, -0.25) is 9.59 Å². The Kier molecular flexibility index (Phi) is 5.20. The zero-order valence-electron chi connectivity index (χ0n) is 12.9. The Bertz CT molecular complexity index is 629. The topological polar surface area (TPSA) is 110 Å². The minimum atomic E-state index is -0.788. The lowest BCUT2D eigenvalue weighted by Gasteiger charge is -2.33. The van der Waals surface area contributed by atoms with Gasteiger partial charge in [-0.1, -0.05) is 6.07 Å². The number of piperidine rings is 1. The van der Waals surface area contributed by atoms with Gasteiger partial charge in [0.25, 0.3) is 5.91 Å². The predicted molar refractivity (Wildman–Crippen MR) is 81.7 cm³/mol. The molecule has 0 spiro atoms. The SMILES string of the molecule is Cc1ccc(C(=O)OCC(=O)N2CCCC[C@H]2C(N)=O)c(O)c1. The molecule has 1 aliphatic rings. The summed E-state index contributed by atoms with van der Waals surface area (Å²) in [7, 11) is 0. The van der Waals surface area contributed by atoms with Crippen molar-refractivity contribution in [3.8, 4) is 5.75 Å². The number of hydrogen-bond acceptors (Lipinski definition) is 5. The van der Waals surface area contributed by atoms with E-state index in [-0.39, 0.29) is 11.3 Å². The van der Waals surface area contributed by atoms with Crippen LogP contribution in [0.15, 0.2) is 18.2 Å². The van der Waals surface area contributed by atoms with Crippen LogP contribution in [0, 0.1) is 6.92 Å². The Balaban J connectivity index is 1.97. The van der Waals surface area contributed by atoms with Crippen LogP contribution < -0.4 is 5.73 Å². The number of hydrogen-bond donors (Lipinski definition) is 2. The maximum absolute atomic E-state index is 12.2. The predicted octanol–water partition coefficient (Wildman–Crippen LogP) is 0.724. The van der Waals surface area contributed by atoms with Gasteiger partial charge in [-0.15, -0.1) is 0 Å². The fourth-order valence-electron chi connectivity index (χ4n) is 2.63. The van der Waals surface area contributed by atoms with E-state index in [4.69, 9.17) is 10.5 Å². The number of amides is 2. The number of aromatic hydroxyl groups is 1. The van der Waals surface area contributed by atoms with Crippen molar-refractivity contribution in [1.82, 2.24) is 4.90 Å². The summed E-state index contributed by atoms with van der Waals surface area (Å²) >= 11 is 0. The number of rotatable bonds is 4. The van der Waals surface area contributed by atoms with Gasteiger partial charge in [-0.25, -0.2) is 4.79 Å². The van der Waals surface area contributed by atoms with Crippen LogP contribution >= 0.6 is 0 Å². The highest BCUT2D eigenvalue weighted by Crippen LogP contribution is 2.20. The Morgan fingerprint density at radius 3 is 2.74 bits per heavy atom. The van der Waals surface area contributed by atoms with E-state index in [2.05, 4.69) is 0 Å². The van der Waals surface area contributed by atoms with E-state index in [0.717, 1.165) is 18.4 Å². The molecule has 0 saturated carbocycles. The quantitative estimate of drug-likeness (QED) is 0.795. The highest BCUT2D eigenvalue weighted by Gasteiger charge is 2.31. The first-order valence-electron chi connectivity index (χ1n) is 7.45. The van der Waals surface area contributed by atoms with Gasteiger partial charge in [-0.05, 0) is 43.9 Å². The molecule has 1 aliphatic heterocycles. The lowest BCUT2D eigenvalue weighted by atomic mass is 10.0. The van der Waals surface area contributed by atoms with Crippen molar-refractivity contribution in [2.45, 2.75) is 32.2 Å². The van der Waals surface area contributed by atoms with Gasteiger partial charge in [0, 0.05) is 6.54 Å². The minimum absolute atomic E-state index is 0.00602. The van der Waals surface area contributed by atoms with Crippen LogP contribution in [0.4, 0.5) is 0 Å². The third kappa shape index (κ3) is 4.00. The summed E-state index contributed by atoms with van der Waals surface area (Å²) in [5.41, 5.74) is 6.10. The Hall–Kier alpha value is -2.57. The highest BCUT2D eigenvalue weighted by atomic mass is 16.5. The first kappa shape index (κ1) is 16.8. The average molecular weight is 320 g/mol. The van der Waals surface area contributed by atoms with E-state index in [1.807, 2.05) is 0 Å². The summed E-state index contributed by atoms with van der Waals surface area (Å²) in [6.45, 7) is 1.70. The van der Waals surface area contributed by atoms with Gasteiger partial charge < -0.3 is 20.5 Å². The number of likely N-dealkylation sites (tertiary alicyclic amines) is 1. The molecule has 1 fully saturated rings. The van der Waals surface area contributed by atoms with Crippen LogP contribution in [0.2, 0.25) is 0 Å². The lowest BCUT2D eigenvalue weighted by molar-refractivity contribution is -0.143. The third-order valence-corrected chi connectivity index (χ3v) is 3.85. The number of phenolic OH excluding ortho intramolecular Hbond substituents is 1. The number of ether oxygens (including phenoxy) is 1. The molecule has 3 N–H and O–H groups in total. The van der Waals surface area contributed by atoms with Gasteiger partial charge in [0.2, 0.25) is 5.91 Å². The van der Waals surface area contributed by atoms with E-state index < -0.39 is 30.4 Å². The van der Waals surface area contributed by atoms with E-state index in [0.29, 0.717) is 13.0 Å². The second kappa shape index (κ2) is 7.13. The monoisotopic (exact) mass is 320 g/mol. The van der Waals surface area contributed by atoms with Crippen molar-refractivity contribution in [1.29, 1.82) is 0 Å². The normalized spacial score (nSPS) is 17.6. The molecule has 7 nitrogen and oxygen atoms in total. The van der Waals surface area contributed by atoms with Crippen LogP contribution in [0.5, 0.6) is 5.75 Å². The van der Waals surface area contributed by atoms with Crippen molar-refractivity contribution in [3.63, 3.8) is 0 Å². The number of aryl methyl sites for hydroxylation is 1. The Morgan fingerprint density at radius 1 is 1.35 bits per heavy atom. The zero-order chi connectivity index (χ0) is 17.0. The van der Waals surface area contributed by atoms with E-state index >= 15 is 0 Å². The Labute approximate surface area is 134 Å². The number of primary amides is 1. The molecule has 23 heavy (non-hydrogen) atoms. The summed E-state index contributed by atoms with van der Waals surface area (Å²) < 4.78 is 4.95. The van der Waals surface area contributed by atoms with Gasteiger partial charge in [0.05, 0.1) is 0 Å². The first-order chi connectivity index (χ1) is 10.9. The molecular formula is C16H20N2O5. The lowest BCUT2D eigenvalue weighted by Crippen LogP contribution is -2.51. The van der Waals surface area contributed by atoms with Crippen LogP contribution in [-0.2, 0) is 14.3 Å². The van der Waals surface area contributed by atoms with Gasteiger partial charge in [-0.2, -0.15) is 0 Å². The minimum Gasteiger partial charge on any atom is -0.507 e. The number of carbonyl (C=O) groups excluding carboxylic acids is 3. The van der Waals surface area contributed by atoms with Crippen LogP contribution in [0.1, 0.15) is 35.2 Å². The summed E-state index contributed by atoms with van der Waals surface area (Å²) in [5.74, 6) is -2.01. The van der Waals surface area contributed by atoms with Crippen molar-refractivity contribution in [2.24, 2.45) is 5.73 Å². The molecule has 1 aromatic rings. The van der Waals surface area contributed by atoms with E-state index in [1.54, 1.807) is 13.0 Å². The number of benzene rings is 1. The van der Waals surface area contributed by atoms with Gasteiger partial charge in [0.1, 0.15) is 17.4 Å². The molecule has 2 rings (SSSR count). The van der Waals surface area contributed by atoms with Crippen LogP contribution in [0.3, 0.4) is 0 Å². The number of carbonyl (C=O) groups is 3.